The second kappa shape index (κ2) is 6.15. The predicted molar refractivity (Wildman–Crippen MR) is 87.5 cm³/mol. The highest BCUT2D eigenvalue weighted by Gasteiger charge is 2.21. The summed E-state index contributed by atoms with van der Waals surface area (Å²) in [6.45, 7) is 2.69. The Kier molecular flexibility index (Phi) is 4.06. The zero-order valence-electron chi connectivity index (χ0n) is 12.4. The summed E-state index contributed by atoms with van der Waals surface area (Å²) in [6, 6.07) is 7.57. The number of aryl methyl sites for hydroxylation is 1. The topological polar surface area (TPSA) is 69.0 Å². The SMILES string of the molecule is CCn1ccnc1[SH+](=O)Nc1c(OC)ccc2cccnc12. The molecule has 114 valence electrons. The molecule has 0 fully saturated rings. The standard InChI is InChI=1S/C15H16N4O2S/c1-3-19-10-9-17-15(19)22(20)18-14-12(21-2)7-6-11-5-4-8-16-13(11)14/h4-10H,3H2,1-2H3,(H,18,20)/p+1. The number of thiol groups is 1. The van der Waals surface area contributed by atoms with Crippen LogP contribution in [-0.2, 0) is 21.7 Å². The molecular weight excluding hydrogens is 300 g/mol. The van der Waals surface area contributed by atoms with Crippen LogP contribution in [0.2, 0.25) is 0 Å². The van der Waals surface area contributed by atoms with Gasteiger partial charge in [0, 0.05) is 24.3 Å². The first-order chi connectivity index (χ1) is 10.7. The summed E-state index contributed by atoms with van der Waals surface area (Å²) in [6.07, 6.45) is 5.15. The second-order valence-electron chi connectivity index (χ2n) is 4.64. The minimum atomic E-state index is -1.90. The van der Waals surface area contributed by atoms with Crippen LogP contribution in [0.15, 0.2) is 48.0 Å². The van der Waals surface area contributed by atoms with Crippen LogP contribution in [-0.4, -0.2) is 21.6 Å². The van der Waals surface area contributed by atoms with Gasteiger partial charge in [0.05, 0.1) is 13.3 Å². The minimum absolute atomic E-state index is 0.507. The number of benzene rings is 1. The molecule has 1 aromatic carbocycles. The average molecular weight is 317 g/mol. The van der Waals surface area contributed by atoms with Gasteiger partial charge in [0.25, 0.3) is 0 Å². The quantitative estimate of drug-likeness (QED) is 0.580. The molecule has 22 heavy (non-hydrogen) atoms. The molecule has 2 heterocycles. The molecule has 0 amide bonds. The summed E-state index contributed by atoms with van der Waals surface area (Å²) in [5, 5.41) is 1.46. The molecule has 0 aliphatic heterocycles. The molecular formula is C15H17N4O2S+. The van der Waals surface area contributed by atoms with E-state index < -0.39 is 11.0 Å². The molecule has 3 rings (SSSR count). The van der Waals surface area contributed by atoms with Crippen molar-refractivity contribution >= 4 is 27.6 Å². The van der Waals surface area contributed by atoms with E-state index in [1.54, 1.807) is 19.5 Å². The van der Waals surface area contributed by atoms with Gasteiger partial charge in [0.1, 0.15) is 17.0 Å². The summed E-state index contributed by atoms with van der Waals surface area (Å²) in [7, 11) is -0.326. The van der Waals surface area contributed by atoms with Crippen LogP contribution >= 0.6 is 0 Å². The molecule has 0 bridgehead atoms. The number of aromatic nitrogens is 3. The number of anilines is 1. The van der Waals surface area contributed by atoms with Gasteiger partial charge in [-0.15, -0.1) is 0 Å². The van der Waals surface area contributed by atoms with E-state index in [1.165, 1.54) is 0 Å². The number of rotatable bonds is 5. The zero-order chi connectivity index (χ0) is 15.5. The van der Waals surface area contributed by atoms with Gasteiger partial charge in [-0.2, -0.15) is 9.71 Å². The molecule has 1 atom stereocenters. The molecule has 0 aliphatic carbocycles. The molecule has 1 N–H and O–H groups in total. The molecule has 2 aromatic heterocycles. The van der Waals surface area contributed by atoms with Crippen molar-refractivity contribution in [1.29, 1.82) is 0 Å². The number of pyridine rings is 1. The largest absolute Gasteiger partial charge is 0.494 e. The second-order valence-corrected chi connectivity index (χ2v) is 5.85. The number of imidazole rings is 1. The maximum Gasteiger partial charge on any atom is 0.350 e. The highest BCUT2D eigenvalue weighted by molar-refractivity contribution is 7.86. The van der Waals surface area contributed by atoms with E-state index in [4.69, 9.17) is 4.74 Å². The molecule has 0 saturated heterocycles. The van der Waals surface area contributed by atoms with E-state index in [0.717, 1.165) is 10.9 Å². The number of hydrogen-bond acceptors (Lipinski definition) is 4. The summed E-state index contributed by atoms with van der Waals surface area (Å²) in [4.78, 5) is 8.54. The van der Waals surface area contributed by atoms with Gasteiger partial charge in [-0.05, 0) is 25.1 Å². The van der Waals surface area contributed by atoms with Crippen molar-refractivity contribution < 1.29 is 8.95 Å². The number of ether oxygens (including phenoxy) is 1. The van der Waals surface area contributed by atoms with Crippen molar-refractivity contribution in [2.45, 2.75) is 18.6 Å². The van der Waals surface area contributed by atoms with Crippen LogP contribution in [0.3, 0.4) is 0 Å². The van der Waals surface area contributed by atoms with E-state index >= 15 is 0 Å². The minimum Gasteiger partial charge on any atom is -0.494 e. The van der Waals surface area contributed by atoms with Crippen LogP contribution in [0.4, 0.5) is 5.69 Å². The summed E-state index contributed by atoms with van der Waals surface area (Å²) in [5.74, 6) is 0.601. The van der Waals surface area contributed by atoms with Crippen molar-refractivity contribution in [3.8, 4) is 5.75 Å². The van der Waals surface area contributed by atoms with Gasteiger partial charge >= 0.3 is 5.16 Å². The van der Waals surface area contributed by atoms with Crippen molar-refractivity contribution in [2.75, 3.05) is 11.8 Å². The lowest BCUT2D eigenvalue weighted by molar-refractivity contribution is 0.417. The molecule has 0 saturated carbocycles. The fourth-order valence-electron chi connectivity index (χ4n) is 2.29. The predicted octanol–water partition coefficient (Wildman–Crippen LogP) is 2.54. The Labute approximate surface area is 130 Å². The number of nitrogens with one attached hydrogen (secondary N) is 1. The first-order valence-corrected chi connectivity index (χ1v) is 8.17. The fraction of sp³-hybridized carbons (Fsp3) is 0.200. The first kappa shape index (κ1) is 14.5. The van der Waals surface area contributed by atoms with Crippen LogP contribution < -0.4 is 9.46 Å². The molecule has 7 heteroatoms. The van der Waals surface area contributed by atoms with Crippen LogP contribution in [0.25, 0.3) is 10.9 Å². The summed E-state index contributed by atoms with van der Waals surface area (Å²) in [5.41, 5.74) is 1.34. The third kappa shape index (κ3) is 2.55. The molecule has 1 unspecified atom stereocenters. The Morgan fingerprint density at radius 2 is 2.14 bits per heavy atom. The van der Waals surface area contributed by atoms with Crippen molar-refractivity contribution in [3.63, 3.8) is 0 Å². The van der Waals surface area contributed by atoms with Gasteiger partial charge < -0.3 is 4.74 Å². The monoisotopic (exact) mass is 317 g/mol. The summed E-state index contributed by atoms with van der Waals surface area (Å²) >= 11 is 0. The Hall–Kier alpha value is -2.41. The maximum atomic E-state index is 12.6. The molecule has 0 spiro atoms. The van der Waals surface area contributed by atoms with Gasteiger partial charge in [0.2, 0.25) is 11.0 Å². The van der Waals surface area contributed by atoms with Gasteiger partial charge in [-0.1, -0.05) is 10.3 Å². The highest BCUT2D eigenvalue weighted by Crippen LogP contribution is 2.32. The lowest BCUT2D eigenvalue weighted by Gasteiger charge is -2.10. The Morgan fingerprint density at radius 3 is 2.91 bits per heavy atom. The van der Waals surface area contributed by atoms with Gasteiger partial charge in [-0.25, -0.2) is 0 Å². The van der Waals surface area contributed by atoms with Crippen molar-refractivity contribution in [3.05, 3.63) is 42.9 Å². The van der Waals surface area contributed by atoms with E-state index in [1.807, 2.05) is 42.0 Å². The van der Waals surface area contributed by atoms with Crippen LogP contribution in [0, 0.1) is 0 Å². The molecule has 0 aliphatic rings. The van der Waals surface area contributed by atoms with Crippen LogP contribution in [0.5, 0.6) is 5.75 Å². The smallest absolute Gasteiger partial charge is 0.350 e. The molecule has 3 aromatic rings. The number of fused-ring (bicyclic) bond motifs is 1. The number of methoxy groups -OCH3 is 1. The fourth-order valence-corrected chi connectivity index (χ4v) is 3.43. The Balaban J connectivity index is 2.04. The van der Waals surface area contributed by atoms with E-state index in [2.05, 4.69) is 14.7 Å². The summed E-state index contributed by atoms with van der Waals surface area (Å²) < 4.78 is 22.9. The Morgan fingerprint density at radius 1 is 1.27 bits per heavy atom. The maximum absolute atomic E-state index is 12.6. The lowest BCUT2D eigenvalue weighted by atomic mass is 10.2. The Bertz CT molecular complexity index is 831. The van der Waals surface area contributed by atoms with Crippen LogP contribution in [0.1, 0.15) is 6.92 Å². The number of hydrogen-bond donors (Lipinski definition) is 1. The molecule has 0 radical (unpaired) electrons. The van der Waals surface area contributed by atoms with Gasteiger partial charge in [-0.3, -0.25) is 9.55 Å². The normalized spacial score (nSPS) is 12.3. The highest BCUT2D eigenvalue weighted by atomic mass is 32.2. The van der Waals surface area contributed by atoms with E-state index in [9.17, 15) is 4.21 Å². The average Bonchev–Trinajstić information content (AvgIpc) is 3.04. The zero-order valence-corrected chi connectivity index (χ0v) is 13.2. The van der Waals surface area contributed by atoms with Crippen molar-refractivity contribution in [1.82, 2.24) is 14.5 Å². The van der Waals surface area contributed by atoms with Gasteiger partial charge in [0.15, 0.2) is 0 Å². The molecule has 6 nitrogen and oxygen atoms in total. The third-order valence-electron chi connectivity index (χ3n) is 3.39. The number of nitrogens with zero attached hydrogens (tertiary/aromatic N) is 3. The lowest BCUT2D eigenvalue weighted by Crippen LogP contribution is -2.11. The van der Waals surface area contributed by atoms with E-state index in [0.29, 0.717) is 23.1 Å². The van der Waals surface area contributed by atoms with Crippen molar-refractivity contribution in [2.24, 2.45) is 0 Å². The third-order valence-corrected chi connectivity index (χ3v) is 4.55. The first-order valence-electron chi connectivity index (χ1n) is 6.91. The van der Waals surface area contributed by atoms with E-state index in [-0.39, 0.29) is 0 Å².